The van der Waals surface area contributed by atoms with Crippen LogP contribution in [0.5, 0.6) is 0 Å². The summed E-state index contributed by atoms with van der Waals surface area (Å²) in [5.74, 6) is -0.527. The molecule has 114 valence electrons. The minimum absolute atomic E-state index is 0. The van der Waals surface area contributed by atoms with Crippen LogP contribution >= 0.6 is 0 Å². The first-order valence-electron chi connectivity index (χ1n) is 3.76. The largest absolute Gasteiger partial charge is 0.481 e. The van der Waals surface area contributed by atoms with Crippen LogP contribution in [0.3, 0.4) is 0 Å². The van der Waals surface area contributed by atoms with Crippen LogP contribution in [0.2, 0.25) is 0 Å². The summed E-state index contributed by atoms with van der Waals surface area (Å²) >= 11 is 0. The second kappa shape index (κ2) is 24.9. The maximum absolute atomic E-state index is 10.9. The second-order valence-corrected chi connectivity index (χ2v) is 3.03. The van der Waals surface area contributed by atoms with Gasteiger partial charge in [0.15, 0.2) is 0 Å². The standard InChI is InChI=1S/C8H14O3.5CH3.Pt/c1-6(2)5-7(9)3-4-8(10)11;;;;;;/h6H,3-5H2,1-2H3,(H,10,11);5*1H3;/q;5*-1;. The van der Waals surface area contributed by atoms with Gasteiger partial charge in [-0.25, -0.2) is 0 Å². The predicted molar refractivity (Wildman–Crippen MR) is 73.4 cm³/mol. The maximum Gasteiger partial charge on any atom is 0.303 e. The first kappa shape index (κ1) is 43.6. The van der Waals surface area contributed by atoms with E-state index >= 15 is 0 Å². The first-order chi connectivity index (χ1) is 5.02. The summed E-state index contributed by atoms with van der Waals surface area (Å²) in [6.45, 7) is 3.89. The Bertz CT molecular complexity index is 157. The van der Waals surface area contributed by atoms with Crippen molar-refractivity contribution in [1.82, 2.24) is 0 Å². The van der Waals surface area contributed by atoms with E-state index in [1.165, 1.54) is 0 Å². The molecule has 0 bridgehead atoms. The minimum Gasteiger partial charge on any atom is -0.481 e. The summed E-state index contributed by atoms with van der Waals surface area (Å²) in [5, 5.41) is 8.24. The van der Waals surface area contributed by atoms with Gasteiger partial charge in [-0.3, -0.25) is 9.59 Å². The third-order valence-electron chi connectivity index (χ3n) is 1.25. The molecule has 0 atom stereocenters. The molecule has 17 heavy (non-hydrogen) atoms. The summed E-state index contributed by atoms with van der Waals surface area (Å²) in [4.78, 5) is 20.9. The van der Waals surface area contributed by atoms with Crippen LogP contribution < -0.4 is 0 Å². The van der Waals surface area contributed by atoms with E-state index in [1.54, 1.807) is 0 Å². The van der Waals surface area contributed by atoms with Gasteiger partial charge in [0.05, 0.1) is 6.42 Å². The Kier molecular flexibility index (Phi) is 63.9. The van der Waals surface area contributed by atoms with Crippen LogP contribution in [0.25, 0.3) is 0 Å². The molecule has 0 spiro atoms. The van der Waals surface area contributed by atoms with E-state index in [4.69, 9.17) is 5.11 Å². The van der Waals surface area contributed by atoms with Crippen LogP contribution in [0.15, 0.2) is 0 Å². The molecule has 0 unspecified atom stereocenters. The van der Waals surface area contributed by atoms with E-state index in [-0.39, 0.29) is 76.8 Å². The Morgan fingerprint density at radius 3 is 1.53 bits per heavy atom. The van der Waals surface area contributed by atoms with Crippen molar-refractivity contribution in [1.29, 1.82) is 0 Å². The molecular formula is C13H29O3Pt-5. The summed E-state index contributed by atoms with van der Waals surface area (Å²) in [5.41, 5.74) is 0. The molecule has 0 aromatic carbocycles. The molecule has 0 heterocycles. The normalized spacial score (nSPS) is 6.53. The molecule has 0 aromatic heterocycles. The number of hydrogen-bond donors (Lipinski definition) is 1. The quantitative estimate of drug-likeness (QED) is 0.680. The molecule has 0 aliphatic carbocycles. The summed E-state index contributed by atoms with van der Waals surface area (Å²) in [6, 6.07) is 0. The van der Waals surface area contributed by atoms with Crippen molar-refractivity contribution < 1.29 is 35.8 Å². The number of ketones is 1. The molecule has 4 heteroatoms. The number of carboxylic acids is 1. The smallest absolute Gasteiger partial charge is 0.303 e. The van der Waals surface area contributed by atoms with Gasteiger partial charge in [-0.05, 0) is 5.92 Å². The zero-order valence-electron chi connectivity index (χ0n) is 12.3. The zero-order chi connectivity index (χ0) is 8.85. The Labute approximate surface area is 124 Å². The number of aliphatic carboxylic acids is 1. The average molecular weight is 428 g/mol. The monoisotopic (exact) mass is 428 g/mol. The number of carbonyl (C=O) groups is 2. The van der Waals surface area contributed by atoms with Gasteiger partial charge in [0.1, 0.15) is 5.78 Å². The van der Waals surface area contributed by atoms with Gasteiger partial charge in [0.25, 0.3) is 0 Å². The van der Waals surface area contributed by atoms with Crippen molar-refractivity contribution >= 4 is 11.8 Å². The number of hydrogen-bond acceptors (Lipinski definition) is 2. The maximum atomic E-state index is 10.9. The molecule has 0 fully saturated rings. The molecule has 0 amide bonds. The van der Waals surface area contributed by atoms with Crippen LogP contribution in [0.1, 0.15) is 33.1 Å². The van der Waals surface area contributed by atoms with Crippen molar-refractivity contribution in [2.45, 2.75) is 33.1 Å². The van der Waals surface area contributed by atoms with Crippen LogP contribution in [-0.2, 0) is 30.7 Å². The van der Waals surface area contributed by atoms with E-state index in [1.807, 2.05) is 13.8 Å². The van der Waals surface area contributed by atoms with Gasteiger partial charge in [-0.15, -0.1) is 0 Å². The molecule has 0 aliphatic rings. The number of rotatable bonds is 5. The SMILES string of the molecule is CC(C)CC(=O)CCC(=O)O.[CH3-].[CH3-].[CH3-].[CH3-].[CH3-].[Pt]. The van der Waals surface area contributed by atoms with Crippen molar-refractivity contribution in [3.05, 3.63) is 37.1 Å². The summed E-state index contributed by atoms with van der Waals surface area (Å²) < 4.78 is 0. The van der Waals surface area contributed by atoms with Crippen LogP contribution in [-0.4, -0.2) is 16.9 Å². The van der Waals surface area contributed by atoms with E-state index in [0.717, 1.165) is 0 Å². The number of carboxylic acid groups (broad SMARTS) is 1. The van der Waals surface area contributed by atoms with Crippen LogP contribution in [0, 0.1) is 43.1 Å². The zero-order valence-corrected chi connectivity index (χ0v) is 14.6. The Morgan fingerprint density at radius 2 is 1.29 bits per heavy atom. The van der Waals surface area contributed by atoms with E-state index in [0.29, 0.717) is 12.3 Å². The molecule has 0 saturated carbocycles. The van der Waals surface area contributed by atoms with Crippen molar-refractivity contribution in [2.75, 3.05) is 0 Å². The predicted octanol–water partition coefficient (Wildman–Crippen LogP) is 3.72. The topological polar surface area (TPSA) is 54.4 Å². The first-order valence-corrected chi connectivity index (χ1v) is 3.76. The molecular weight excluding hydrogens is 399 g/mol. The molecule has 1 N–H and O–H groups in total. The third kappa shape index (κ3) is 38.8. The van der Waals surface area contributed by atoms with Gasteiger partial charge in [-0.1, -0.05) is 13.8 Å². The molecule has 0 radical (unpaired) electrons. The summed E-state index contributed by atoms with van der Waals surface area (Å²) in [7, 11) is 0. The van der Waals surface area contributed by atoms with E-state index in [2.05, 4.69) is 0 Å². The van der Waals surface area contributed by atoms with Gasteiger partial charge < -0.3 is 42.2 Å². The molecule has 0 aromatic rings. The van der Waals surface area contributed by atoms with Crippen molar-refractivity contribution in [2.24, 2.45) is 5.92 Å². The van der Waals surface area contributed by atoms with Crippen LogP contribution in [0.4, 0.5) is 0 Å². The Morgan fingerprint density at radius 1 is 0.941 bits per heavy atom. The average Bonchev–Trinajstić information content (AvgIpc) is 1.82. The molecule has 3 nitrogen and oxygen atoms in total. The fourth-order valence-electron chi connectivity index (χ4n) is 0.804. The molecule has 0 saturated heterocycles. The number of Topliss-reactive ketones (excluding diaryl/α,β-unsaturated/α-hetero) is 1. The van der Waals surface area contributed by atoms with Gasteiger partial charge in [0, 0.05) is 33.9 Å². The van der Waals surface area contributed by atoms with Crippen molar-refractivity contribution in [3.63, 3.8) is 0 Å². The van der Waals surface area contributed by atoms with Gasteiger partial charge in [0.2, 0.25) is 0 Å². The molecule has 0 rings (SSSR count). The second-order valence-electron chi connectivity index (χ2n) is 3.03. The number of carbonyl (C=O) groups excluding carboxylic acids is 1. The van der Waals surface area contributed by atoms with E-state index in [9.17, 15) is 9.59 Å². The fraction of sp³-hybridized carbons (Fsp3) is 0.462. The van der Waals surface area contributed by atoms with E-state index < -0.39 is 5.97 Å². The Balaban J connectivity index is -0.0000000333. The Hall–Kier alpha value is -0.172. The third-order valence-corrected chi connectivity index (χ3v) is 1.25. The van der Waals surface area contributed by atoms with Gasteiger partial charge >= 0.3 is 5.97 Å². The fourth-order valence-corrected chi connectivity index (χ4v) is 0.804. The van der Waals surface area contributed by atoms with Crippen molar-refractivity contribution in [3.8, 4) is 0 Å². The summed E-state index contributed by atoms with van der Waals surface area (Å²) in [6.07, 6.45) is 0.631. The van der Waals surface area contributed by atoms with Gasteiger partial charge in [-0.2, -0.15) is 0 Å². The minimum atomic E-state index is -0.901. The molecule has 0 aliphatic heterocycles.